The summed E-state index contributed by atoms with van der Waals surface area (Å²) in [6.45, 7) is 6.01. The zero-order valence-corrected chi connectivity index (χ0v) is 12.8. The average Bonchev–Trinajstić information content (AvgIpc) is 2.45. The molecule has 0 aromatic heterocycles. The number of thioether (sulfide) groups is 1. The predicted octanol–water partition coefficient (Wildman–Crippen LogP) is 4.42. The van der Waals surface area contributed by atoms with Gasteiger partial charge in [0.25, 0.3) is 0 Å². The molecule has 0 aliphatic heterocycles. The predicted molar refractivity (Wildman–Crippen MR) is 86.3 cm³/mol. The van der Waals surface area contributed by atoms with Crippen LogP contribution in [0.3, 0.4) is 0 Å². The van der Waals surface area contributed by atoms with Crippen molar-refractivity contribution in [2.45, 2.75) is 30.9 Å². The lowest BCUT2D eigenvalue weighted by Gasteiger charge is -2.14. The summed E-state index contributed by atoms with van der Waals surface area (Å²) in [6.07, 6.45) is 0. The Balaban J connectivity index is 2.03. The van der Waals surface area contributed by atoms with Crippen molar-refractivity contribution >= 4 is 23.4 Å². The Kier molecular flexibility index (Phi) is 4.85. The van der Waals surface area contributed by atoms with Crippen molar-refractivity contribution < 1.29 is 4.79 Å². The highest BCUT2D eigenvalue weighted by Crippen LogP contribution is 2.25. The second-order valence-corrected chi connectivity index (χ2v) is 6.22. The second kappa shape index (κ2) is 6.62. The molecule has 2 nitrogen and oxygen atoms in total. The van der Waals surface area contributed by atoms with Crippen LogP contribution < -0.4 is 5.32 Å². The SMILES string of the molecule is Cc1cccc(NC(=O)[C@@H](C)Sc2ccccc2)c1C. The van der Waals surface area contributed by atoms with Crippen molar-refractivity contribution in [1.82, 2.24) is 0 Å². The molecule has 0 radical (unpaired) electrons. The molecular formula is C17H19NOS. The van der Waals surface area contributed by atoms with E-state index in [2.05, 4.69) is 5.32 Å². The molecule has 2 rings (SSSR count). The van der Waals surface area contributed by atoms with Gasteiger partial charge in [0.1, 0.15) is 0 Å². The van der Waals surface area contributed by atoms with Gasteiger partial charge < -0.3 is 5.32 Å². The molecule has 0 fully saturated rings. The third kappa shape index (κ3) is 3.64. The van der Waals surface area contributed by atoms with Crippen LogP contribution >= 0.6 is 11.8 Å². The van der Waals surface area contributed by atoms with Gasteiger partial charge in [0.15, 0.2) is 0 Å². The van der Waals surface area contributed by atoms with Gasteiger partial charge in [-0.2, -0.15) is 0 Å². The molecule has 1 amide bonds. The van der Waals surface area contributed by atoms with E-state index in [9.17, 15) is 4.79 Å². The van der Waals surface area contributed by atoms with E-state index in [0.29, 0.717) is 0 Å². The number of hydrogen-bond acceptors (Lipinski definition) is 2. The van der Waals surface area contributed by atoms with Crippen LogP contribution in [0.15, 0.2) is 53.4 Å². The van der Waals surface area contributed by atoms with Crippen LogP contribution in [0.2, 0.25) is 0 Å². The lowest BCUT2D eigenvalue weighted by atomic mass is 10.1. The summed E-state index contributed by atoms with van der Waals surface area (Å²) < 4.78 is 0. The smallest absolute Gasteiger partial charge is 0.237 e. The molecular weight excluding hydrogens is 266 g/mol. The molecule has 1 atom stereocenters. The van der Waals surface area contributed by atoms with Gasteiger partial charge >= 0.3 is 0 Å². The Bertz CT molecular complexity index is 595. The van der Waals surface area contributed by atoms with Gasteiger partial charge in [0, 0.05) is 10.6 Å². The summed E-state index contributed by atoms with van der Waals surface area (Å²) in [7, 11) is 0. The Morgan fingerprint density at radius 1 is 1.05 bits per heavy atom. The van der Waals surface area contributed by atoms with Crippen molar-refractivity contribution in [2.24, 2.45) is 0 Å². The molecule has 3 heteroatoms. The van der Waals surface area contributed by atoms with E-state index >= 15 is 0 Å². The van der Waals surface area contributed by atoms with E-state index in [1.54, 1.807) is 11.8 Å². The Hall–Kier alpha value is -1.74. The van der Waals surface area contributed by atoms with Crippen LogP contribution in [-0.4, -0.2) is 11.2 Å². The molecule has 0 saturated carbocycles. The molecule has 0 spiro atoms. The van der Waals surface area contributed by atoms with Crippen molar-refractivity contribution in [2.75, 3.05) is 5.32 Å². The molecule has 20 heavy (non-hydrogen) atoms. The van der Waals surface area contributed by atoms with Gasteiger partial charge in [-0.05, 0) is 50.1 Å². The first kappa shape index (κ1) is 14.7. The van der Waals surface area contributed by atoms with E-state index in [0.717, 1.165) is 16.1 Å². The lowest BCUT2D eigenvalue weighted by Crippen LogP contribution is -2.22. The molecule has 104 valence electrons. The minimum Gasteiger partial charge on any atom is -0.325 e. The van der Waals surface area contributed by atoms with Gasteiger partial charge in [0.05, 0.1) is 5.25 Å². The lowest BCUT2D eigenvalue weighted by molar-refractivity contribution is -0.115. The van der Waals surface area contributed by atoms with Crippen LogP contribution in [0.25, 0.3) is 0 Å². The largest absolute Gasteiger partial charge is 0.325 e. The normalized spacial score (nSPS) is 11.9. The minimum absolute atomic E-state index is 0.0348. The molecule has 2 aromatic carbocycles. The Labute approximate surface area is 124 Å². The zero-order valence-electron chi connectivity index (χ0n) is 12.0. The third-order valence-electron chi connectivity index (χ3n) is 3.29. The summed E-state index contributed by atoms with van der Waals surface area (Å²) in [5.41, 5.74) is 3.21. The highest BCUT2D eigenvalue weighted by atomic mass is 32.2. The molecule has 0 aliphatic rings. The van der Waals surface area contributed by atoms with Crippen molar-refractivity contribution in [3.8, 4) is 0 Å². The van der Waals surface area contributed by atoms with Crippen molar-refractivity contribution in [3.63, 3.8) is 0 Å². The Morgan fingerprint density at radius 3 is 2.45 bits per heavy atom. The van der Waals surface area contributed by atoms with E-state index < -0.39 is 0 Å². The summed E-state index contributed by atoms with van der Waals surface area (Å²) in [6, 6.07) is 15.9. The van der Waals surface area contributed by atoms with Crippen molar-refractivity contribution in [1.29, 1.82) is 0 Å². The second-order valence-electron chi connectivity index (χ2n) is 4.81. The number of amides is 1. The fraction of sp³-hybridized carbons (Fsp3) is 0.235. The number of carbonyl (C=O) groups excluding carboxylic acids is 1. The van der Waals surface area contributed by atoms with Crippen LogP contribution in [0.5, 0.6) is 0 Å². The number of benzene rings is 2. The first-order valence-corrected chi connectivity index (χ1v) is 7.54. The van der Waals surface area contributed by atoms with E-state index in [1.807, 2.05) is 69.3 Å². The first-order chi connectivity index (χ1) is 9.58. The van der Waals surface area contributed by atoms with Gasteiger partial charge in [-0.15, -0.1) is 11.8 Å². The molecule has 0 heterocycles. The third-order valence-corrected chi connectivity index (χ3v) is 4.40. The quantitative estimate of drug-likeness (QED) is 0.842. The molecule has 2 aromatic rings. The highest BCUT2D eigenvalue weighted by molar-refractivity contribution is 8.00. The number of aryl methyl sites for hydroxylation is 1. The fourth-order valence-electron chi connectivity index (χ4n) is 1.88. The van der Waals surface area contributed by atoms with Gasteiger partial charge in [-0.25, -0.2) is 0 Å². The monoisotopic (exact) mass is 285 g/mol. The maximum atomic E-state index is 12.2. The standard InChI is InChI=1S/C17H19NOS/c1-12-8-7-11-16(13(12)2)18-17(19)14(3)20-15-9-5-4-6-10-15/h4-11,14H,1-3H3,(H,18,19)/t14-/m1/s1. The van der Waals surface area contributed by atoms with Crippen LogP contribution in [0.1, 0.15) is 18.1 Å². The van der Waals surface area contributed by atoms with E-state index in [4.69, 9.17) is 0 Å². The number of anilines is 1. The average molecular weight is 285 g/mol. The van der Waals surface area contributed by atoms with Crippen molar-refractivity contribution in [3.05, 3.63) is 59.7 Å². The maximum Gasteiger partial charge on any atom is 0.237 e. The minimum atomic E-state index is -0.127. The highest BCUT2D eigenvalue weighted by Gasteiger charge is 2.15. The summed E-state index contributed by atoms with van der Waals surface area (Å²) in [5.74, 6) is 0.0348. The number of nitrogens with one attached hydrogen (secondary N) is 1. The van der Waals surface area contributed by atoms with Crippen LogP contribution in [0, 0.1) is 13.8 Å². The van der Waals surface area contributed by atoms with Gasteiger partial charge in [-0.1, -0.05) is 30.3 Å². The van der Waals surface area contributed by atoms with Crippen LogP contribution in [0.4, 0.5) is 5.69 Å². The molecule has 0 bridgehead atoms. The molecule has 0 aliphatic carbocycles. The summed E-state index contributed by atoms with van der Waals surface area (Å²) in [5, 5.41) is 2.88. The topological polar surface area (TPSA) is 29.1 Å². The van der Waals surface area contributed by atoms with Crippen LogP contribution in [-0.2, 0) is 4.79 Å². The summed E-state index contributed by atoms with van der Waals surface area (Å²) >= 11 is 1.57. The van der Waals surface area contributed by atoms with E-state index in [1.165, 1.54) is 5.56 Å². The maximum absolute atomic E-state index is 12.2. The van der Waals surface area contributed by atoms with Gasteiger partial charge in [0.2, 0.25) is 5.91 Å². The fourth-order valence-corrected chi connectivity index (χ4v) is 2.77. The first-order valence-electron chi connectivity index (χ1n) is 6.66. The molecule has 0 saturated heterocycles. The summed E-state index contributed by atoms with van der Waals surface area (Å²) in [4.78, 5) is 13.4. The van der Waals surface area contributed by atoms with Gasteiger partial charge in [-0.3, -0.25) is 4.79 Å². The number of rotatable bonds is 4. The number of carbonyl (C=O) groups is 1. The Morgan fingerprint density at radius 2 is 1.75 bits per heavy atom. The molecule has 0 unspecified atom stereocenters. The van der Waals surface area contributed by atoms with E-state index in [-0.39, 0.29) is 11.2 Å². The molecule has 1 N–H and O–H groups in total. The number of hydrogen-bond donors (Lipinski definition) is 1. The zero-order chi connectivity index (χ0) is 14.5.